The van der Waals surface area contributed by atoms with Gasteiger partial charge in [0.05, 0.1) is 10.6 Å². The van der Waals surface area contributed by atoms with Crippen LogP contribution in [0.25, 0.3) is 11.3 Å². The van der Waals surface area contributed by atoms with E-state index >= 15 is 0 Å². The molecule has 2 N–H and O–H groups in total. The zero-order chi connectivity index (χ0) is 20.3. The molecule has 0 saturated heterocycles. The molecule has 3 aromatic rings. The molecule has 0 spiro atoms. The summed E-state index contributed by atoms with van der Waals surface area (Å²) in [4.78, 5) is 18.8. The number of sulfonamides is 1. The molecule has 0 bridgehead atoms. The van der Waals surface area contributed by atoms with E-state index in [-0.39, 0.29) is 23.8 Å². The van der Waals surface area contributed by atoms with Gasteiger partial charge in [-0.2, -0.15) is 0 Å². The van der Waals surface area contributed by atoms with Crippen LogP contribution in [-0.4, -0.2) is 25.9 Å². The van der Waals surface area contributed by atoms with Gasteiger partial charge in [-0.25, -0.2) is 22.5 Å². The highest BCUT2D eigenvalue weighted by Crippen LogP contribution is 2.32. The number of nitrogens with zero attached hydrogens (tertiary/aromatic N) is 1. The second-order valence-electron chi connectivity index (χ2n) is 6.01. The number of rotatable bonds is 7. The molecule has 148 valence electrons. The minimum Gasteiger partial charge on any atom is -0.302 e. The van der Waals surface area contributed by atoms with Crippen molar-refractivity contribution in [1.29, 1.82) is 0 Å². The molecule has 0 atom stereocenters. The van der Waals surface area contributed by atoms with E-state index in [0.29, 0.717) is 5.13 Å². The number of nitrogens with one attached hydrogen (secondary N) is 2. The monoisotopic (exact) mass is 439 g/mol. The highest BCUT2D eigenvalue weighted by Gasteiger charge is 2.15. The lowest BCUT2D eigenvalue weighted by molar-refractivity contribution is -0.116. The highest BCUT2D eigenvalue weighted by molar-refractivity contribution is 7.89. The van der Waals surface area contributed by atoms with Gasteiger partial charge in [-0.05, 0) is 44.2 Å². The second kappa shape index (κ2) is 8.48. The summed E-state index contributed by atoms with van der Waals surface area (Å²) in [6, 6.07) is 6.53. The van der Waals surface area contributed by atoms with Crippen LogP contribution in [0.5, 0.6) is 0 Å². The number of carbonyl (C=O) groups excluding carboxylic acids is 1. The molecule has 2 aromatic heterocycles. The first-order valence-electron chi connectivity index (χ1n) is 8.32. The molecule has 0 saturated carbocycles. The average Bonchev–Trinajstić information content (AvgIpc) is 3.20. The molecule has 1 amide bonds. The predicted molar refractivity (Wildman–Crippen MR) is 110 cm³/mol. The van der Waals surface area contributed by atoms with Crippen LogP contribution in [0.4, 0.5) is 9.52 Å². The number of hydrogen-bond acceptors (Lipinski definition) is 6. The number of thiazole rings is 1. The van der Waals surface area contributed by atoms with Gasteiger partial charge in [-0.3, -0.25) is 4.79 Å². The number of hydrogen-bond donors (Lipinski definition) is 2. The maximum absolute atomic E-state index is 12.9. The smallest absolute Gasteiger partial charge is 0.240 e. The van der Waals surface area contributed by atoms with Crippen molar-refractivity contribution in [3.05, 3.63) is 51.3 Å². The lowest BCUT2D eigenvalue weighted by Crippen LogP contribution is -2.27. The third-order valence-electron chi connectivity index (χ3n) is 3.84. The van der Waals surface area contributed by atoms with E-state index in [1.54, 1.807) is 11.3 Å². The van der Waals surface area contributed by atoms with E-state index in [0.717, 1.165) is 28.3 Å². The first-order chi connectivity index (χ1) is 13.2. The summed E-state index contributed by atoms with van der Waals surface area (Å²) in [5.41, 5.74) is 1.85. The summed E-state index contributed by atoms with van der Waals surface area (Å²) < 4.78 is 39.4. The van der Waals surface area contributed by atoms with Gasteiger partial charge in [0.2, 0.25) is 15.9 Å². The minimum atomic E-state index is -3.79. The summed E-state index contributed by atoms with van der Waals surface area (Å²) >= 11 is 3.01. The first kappa shape index (κ1) is 20.6. The average molecular weight is 440 g/mol. The standard InChI is InChI=1S/C18H18FN3O3S3/c1-11-9-15(12(2)27-11)16-10-26-18(21-16)22-17(23)7-8-20-28(24,25)14-5-3-13(19)4-6-14/h3-6,9-10,20H,7-8H2,1-2H3,(H,21,22,23). The zero-order valence-corrected chi connectivity index (χ0v) is 17.6. The van der Waals surface area contributed by atoms with E-state index in [9.17, 15) is 17.6 Å². The summed E-state index contributed by atoms with van der Waals surface area (Å²) in [6.45, 7) is 3.98. The fourth-order valence-corrected chi connectivity index (χ4v) is 5.21. The number of amides is 1. The maximum atomic E-state index is 12.9. The van der Waals surface area contributed by atoms with E-state index in [4.69, 9.17) is 0 Å². The zero-order valence-electron chi connectivity index (χ0n) is 15.2. The summed E-state index contributed by atoms with van der Waals surface area (Å²) in [5.74, 6) is -0.866. The van der Waals surface area contributed by atoms with Crippen molar-refractivity contribution in [3.63, 3.8) is 0 Å². The van der Waals surface area contributed by atoms with Crippen LogP contribution in [0, 0.1) is 19.7 Å². The van der Waals surface area contributed by atoms with Gasteiger partial charge in [0.25, 0.3) is 0 Å². The molecule has 0 aliphatic rings. The van der Waals surface area contributed by atoms with Crippen molar-refractivity contribution in [3.8, 4) is 11.3 Å². The van der Waals surface area contributed by atoms with E-state index in [1.165, 1.54) is 28.3 Å². The van der Waals surface area contributed by atoms with Gasteiger partial charge in [0, 0.05) is 33.7 Å². The Morgan fingerprint density at radius 1 is 1.21 bits per heavy atom. The molecule has 0 unspecified atom stereocenters. The molecule has 0 fully saturated rings. The van der Waals surface area contributed by atoms with E-state index < -0.39 is 15.8 Å². The Kier molecular flexibility index (Phi) is 6.23. The SMILES string of the molecule is Cc1cc(-c2csc(NC(=O)CCNS(=O)(=O)c3ccc(F)cc3)n2)c(C)s1. The predicted octanol–water partition coefficient (Wildman–Crippen LogP) is 3.93. The summed E-state index contributed by atoms with van der Waals surface area (Å²) in [5, 5.41) is 5.02. The van der Waals surface area contributed by atoms with Gasteiger partial charge in [-0.1, -0.05) is 0 Å². The molecule has 1 aromatic carbocycles. The lowest BCUT2D eigenvalue weighted by atomic mass is 10.2. The maximum Gasteiger partial charge on any atom is 0.240 e. The van der Waals surface area contributed by atoms with Gasteiger partial charge < -0.3 is 5.32 Å². The van der Waals surface area contributed by atoms with E-state index in [1.807, 2.05) is 19.2 Å². The van der Waals surface area contributed by atoms with Crippen molar-refractivity contribution in [1.82, 2.24) is 9.71 Å². The Morgan fingerprint density at radius 3 is 2.57 bits per heavy atom. The van der Waals surface area contributed by atoms with Crippen LogP contribution in [-0.2, 0) is 14.8 Å². The third kappa shape index (κ3) is 5.02. The lowest BCUT2D eigenvalue weighted by Gasteiger charge is -2.06. The first-order valence-corrected chi connectivity index (χ1v) is 11.5. The molecule has 0 aliphatic heterocycles. The molecule has 28 heavy (non-hydrogen) atoms. The Morgan fingerprint density at radius 2 is 1.93 bits per heavy atom. The van der Waals surface area contributed by atoms with E-state index in [2.05, 4.69) is 21.1 Å². The third-order valence-corrected chi connectivity index (χ3v) is 7.04. The number of aromatic nitrogens is 1. The largest absolute Gasteiger partial charge is 0.302 e. The van der Waals surface area contributed by atoms with Crippen LogP contribution >= 0.6 is 22.7 Å². The van der Waals surface area contributed by atoms with Crippen molar-refractivity contribution in [2.75, 3.05) is 11.9 Å². The normalized spacial score (nSPS) is 11.5. The minimum absolute atomic E-state index is 0.0497. The van der Waals surface area contributed by atoms with Crippen LogP contribution in [0.3, 0.4) is 0 Å². The molecule has 3 rings (SSSR count). The number of anilines is 1. The second-order valence-corrected chi connectivity index (χ2v) is 10.1. The number of thiophene rings is 1. The Hall–Kier alpha value is -2.14. The molecule has 0 radical (unpaired) electrons. The Labute approximate surface area is 170 Å². The van der Waals surface area contributed by atoms with Crippen LogP contribution in [0.15, 0.2) is 40.6 Å². The Bertz CT molecular complexity index is 1090. The summed E-state index contributed by atoms with van der Waals surface area (Å²) in [7, 11) is -3.79. The molecule has 0 aliphatic carbocycles. The van der Waals surface area contributed by atoms with Crippen molar-refractivity contribution in [2.45, 2.75) is 25.2 Å². The molecule has 2 heterocycles. The topological polar surface area (TPSA) is 88.2 Å². The number of aryl methyl sites for hydroxylation is 2. The fraction of sp³-hybridized carbons (Fsp3) is 0.222. The number of benzene rings is 1. The number of carbonyl (C=O) groups is 1. The van der Waals surface area contributed by atoms with Gasteiger partial charge in [-0.15, -0.1) is 22.7 Å². The van der Waals surface area contributed by atoms with Gasteiger partial charge in [0.15, 0.2) is 5.13 Å². The molecular formula is C18H18FN3O3S3. The fourth-order valence-electron chi connectivity index (χ4n) is 2.52. The van der Waals surface area contributed by atoms with Crippen LogP contribution in [0.1, 0.15) is 16.2 Å². The Balaban J connectivity index is 1.54. The summed E-state index contributed by atoms with van der Waals surface area (Å²) in [6.07, 6.45) is -0.0497. The van der Waals surface area contributed by atoms with Gasteiger partial charge >= 0.3 is 0 Å². The van der Waals surface area contributed by atoms with Crippen LogP contribution in [0.2, 0.25) is 0 Å². The van der Waals surface area contributed by atoms with Crippen LogP contribution < -0.4 is 10.0 Å². The highest BCUT2D eigenvalue weighted by atomic mass is 32.2. The van der Waals surface area contributed by atoms with Crippen molar-refractivity contribution >= 4 is 43.7 Å². The quantitative estimate of drug-likeness (QED) is 0.584. The molecular weight excluding hydrogens is 421 g/mol. The number of halogens is 1. The molecule has 10 heteroatoms. The molecule has 6 nitrogen and oxygen atoms in total. The van der Waals surface area contributed by atoms with Gasteiger partial charge in [0.1, 0.15) is 5.82 Å². The van der Waals surface area contributed by atoms with Crippen molar-refractivity contribution in [2.24, 2.45) is 0 Å². The van der Waals surface area contributed by atoms with Crippen molar-refractivity contribution < 1.29 is 17.6 Å².